The Morgan fingerprint density at radius 2 is 1.82 bits per heavy atom. The van der Waals surface area contributed by atoms with E-state index in [1.807, 2.05) is 0 Å². The number of anilines is 1. The van der Waals surface area contributed by atoms with E-state index in [0.717, 1.165) is 6.04 Å². The molecule has 2 rings (SSSR count). The largest absolute Gasteiger partial charge is 0.369 e. The van der Waals surface area contributed by atoms with E-state index in [0.29, 0.717) is 6.54 Å². The molecule has 0 atom stereocenters. The van der Waals surface area contributed by atoms with Gasteiger partial charge < -0.3 is 10.6 Å². The molecular weight excluding hydrogens is 208 g/mol. The van der Waals surface area contributed by atoms with Crippen molar-refractivity contribution in [3.05, 3.63) is 29.8 Å². The lowest BCUT2D eigenvalue weighted by atomic mass is 10.1. The van der Waals surface area contributed by atoms with Crippen LogP contribution >= 0.6 is 0 Å². The number of hydrogen-bond acceptors (Lipinski definition) is 2. The summed E-state index contributed by atoms with van der Waals surface area (Å²) in [5, 5.41) is 0. The first-order valence-corrected chi connectivity index (χ1v) is 6.90. The van der Waals surface area contributed by atoms with Crippen molar-refractivity contribution in [2.75, 3.05) is 11.4 Å². The number of benzene rings is 1. The average Bonchev–Trinajstić information content (AvgIpc) is 2.90. The van der Waals surface area contributed by atoms with Crippen molar-refractivity contribution < 1.29 is 0 Å². The van der Waals surface area contributed by atoms with Crippen LogP contribution in [0.1, 0.15) is 44.6 Å². The molecular formula is C15H24N2. The third kappa shape index (κ3) is 3.01. The van der Waals surface area contributed by atoms with Gasteiger partial charge in [0.25, 0.3) is 0 Å². The van der Waals surface area contributed by atoms with Gasteiger partial charge in [-0.3, -0.25) is 0 Å². The van der Waals surface area contributed by atoms with Crippen LogP contribution in [0.3, 0.4) is 0 Å². The fraction of sp³-hybridized carbons (Fsp3) is 0.600. The molecule has 1 aromatic carbocycles. The molecule has 0 aliphatic heterocycles. The lowest BCUT2D eigenvalue weighted by molar-refractivity contribution is 0.600. The zero-order chi connectivity index (χ0) is 12.1. The zero-order valence-electron chi connectivity index (χ0n) is 10.9. The monoisotopic (exact) mass is 232 g/mol. The fourth-order valence-electron chi connectivity index (χ4n) is 2.80. The minimum absolute atomic E-state index is 0.636. The predicted molar refractivity (Wildman–Crippen MR) is 74.2 cm³/mol. The highest BCUT2D eigenvalue weighted by Gasteiger charge is 2.21. The molecule has 2 N–H and O–H groups in total. The van der Waals surface area contributed by atoms with Crippen LogP contribution in [0, 0.1) is 0 Å². The van der Waals surface area contributed by atoms with Gasteiger partial charge in [0.15, 0.2) is 0 Å². The predicted octanol–water partition coefficient (Wildman–Crippen LogP) is 3.30. The summed E-state index contributed by atoms with van der Waals surface area (Å²) in [5.74, 6) is 0. The topological polar surface area (TPSA) is 29.3 Å². The molecule has 2 heteroatoms. The fourth-order valence-corrected chi connectivity index (χ4v) is 2.80. The summed E-state index contributed by atoms with van der Waals surface area (Å²) in [4.78, 5) is 2.59. The lowest BCUT2D eigenvalue weighted by Crippen LogP contribution is -2.33. The summed E-state index contributed by atoms with van der Waals surface area (Å²) in [6.07, 6.45) is 6.73. The van der Waals surface area contributed by atoms with Crippen molar-refractivity contribution in [3.8, 4) is 0 Å². The summed E-state index contributed by atoms with van der Waals surface area (Å²) < 4.78 is 0. The minimum Gasteiger partial charge on any atom is -0.369 e. The highest BCUT2D eigenvalue weighted by molar-refractivity contribution is 5.48. The smallest absolute Gasteiger partial charge is 0.0368 e. The van der Waals surface area contributed by atoms with E-state index in [1.54, 1.807) is 0 Å². The summed E-state index contributed by atoms with van der Waals surface area (Å²) in [7, 11) is 0. The molecule has 2 nitrogen and oxygen atoms in total. The summed E-state index contributed by atoms with van der Waals surface area (Å²) in [6, 6.07) is 9.55. The van der Waals surface area contributed by atoms with E-state index < -0.39 is 0 Å². The Bertz CT molecular complexity index is 325. The maximum absolute atomic E-state index is 5.64. The first kappa shape index (κ1) is 12.4. The lowest BCUT2D eigenvalue weighted by Gasteiger charge is -2.31. The van der Waals surface area contributed by atoms with Gasteiger partial charge in [0.2, 0.25) is 0 Å². The van der Waals surface area contributed by atoms with Gasteiger partial charge in [-0.2, -0.15) is 0 Å². The molecule has 1 fully saturated rings. The van der Waals surface area contributed by atoms with Gasteiger partial charge in [0.1, 0.15) is 0 Å². The Kier molecular flexibility index (Phi) is 4.43. The van der Waals surface area contributed by atoms with Gasteiger partial charge in [-0.15, -0.1) is 0 Å². The van der Waals surface area contributed by atoms with Crippen molar-refractivity contribution >= 4 is 5.69 Å². The second-order valence-electron chi connectivity index (χ2n) is 5.00. The van der Waals surface area contributed by atoms with Crippen LogP contribution in [-0.4, -0.2) is 12.6 Å². The molecule has 1 aliphatic carbocycles. The molecule has 0 bridgehead atoms. The molecule has 0 unspecified atom stereocenters. The van der Waals surface area contributed by atoms with Gasteiger partial charge in [0.05, 0.1) is 0 Å². The average molecular weight is 232 g/mol. The third-order valence-electron chi connectivity index (χ3n) is 3.73. The van der Waals surface area contributed by atoms with Crippen molar-refractivity contribution in [3.63, 3.8) is 0 Å². The molecule has 94 valence electrons. The Hall–Kier alpha value is -1.02. The molecule has 0 amide bonds. The molecule has 1 saturated carbocycles. The highest BCUT2D eigenvalue weighted by Crippen LogP contribution is 2.28. The normalized spacial score (nSPS) is 16.4. The quantitative estimate of drug-likeness (QED) is 0.844. The van der Waals surface area contributed by atoms with E-state index in [-0.39, 0.29) is 0 Å². The maximum Gasteiger partial charge on any atom is 0.0368 e. The van der Waals surface area contributed by atoms with Gasteiger partial charge in [-0.1, -0.05) is 31.9 Å². The van der Waals surface area contributed by atoms with Crippen LogP contribution in [0.2, 0.25) is 0 Å². The third-order valence-corrected chi connectivity index (χ3v) is 3.73. The molecule has 1 aromatic rings. The van der Waals surface area contributed by atoms with Crippen LogP contribution in [0.5, 0.6) is 0 Å². The number of nitrogens with two attached hydrogens (primary N) is 1. The molecule has 0 spiro atoms. The van der Waals surface area contributed by atoms with E-state index >= 15 is 0 Å². The Labute approximate surface area is 105 Å². The Morgan fingerprint density at radius 1 is 1.18 bits per heavy atom. The number of rotatable bonds is 5. The SMILES string of the molecule is CCCN(c1ccc(CN)cc1)C1CCCC1. The van der Waals surface area contributed by atoms with Gasteiger partial charge in [0, 0.05) is 24.8 Å². The maximum atomic E-state index is 5.64. The van der Waals surface area contributed by atoms with Crippen LogP contribution in [0.25, 0.3) is 0 Å². The van der Waals surface area contributed by atoms with Crippen molar-refractivity contribution in [1.29, 1.82) is 0 Å². The summed E-state index contributed by atoms with van der Waals surface area (Å²) >= 11 is 0. The number of hydrogen-bond donors (Lipinski definition) is 1. The van der Waals surface area contributed by atoms with Crippen LogP contribution in [-0.2, 0) is 6.54 Å². The zero-order valence-corrected chi connectivity index (χ0v) is 10.9. The molecule has 0 radical (unpaired) electrons. The molecule has 17 heavy (non-hydrogen) atoms. The standard InChI is InChI=1S/C15H24N2/c1-2-11-17(14-5-3-4-6-14)15-9-7-13(12-16)8-10-15/h7-10,14H,2-6,11-12,16H2,1H3. The van der Waals surface area contributed by atoms with E-state index in [2.05, 4.69) is 36.1 Å². The summed E-state index contributed by atoms with van der Waals surface area (Å²) in [5.41, 5.74) is 8.23. The van der Waals surface area contributed by atoms with E-state index in [4.69, 9.17) is 5.73 Å². The van der Waals surface area contributed by atoms with Crippen molar-refractivity contribution in [2.24, 2.45) is 5.73 Å². The second-order valence-corrected chi connectivity index (χ2v) is 5.00. The van der Waals surface area contributed by atoms with E-state index in [1.165, 1.54) is 49.9 Å². The first-order valence-electron chi connectivity index (χ1n) is 6.90. The van der Waals surface area contributed by atoms with Gasteiger partial charge in [-0.25, -0.2) is 0 Å². The Balaban J connectivity index is 2.12. The molecule has 0 heterocycles. The molecule has 0 aromatic heterocycles. The first-order chi connectivity index (χ1) is 8.35. The Morgan fingerprint density at radius 3 is 2.35 bits per heavy atom. The van der Waals surface area contributed by atoms with Gasteiger partial charge in [-0.05, 0) is 37.0 Å². The van der Waals surface area contributed by atoms with Crippen LogP contribution < -0.4 is 10.6 Å². The number of nitrogens with zero attached hydrogens (tertiary/aromatic N) is 1. The van der Waals surface area contributed by atoms with Crippen LogP contribution in [0.4, 0.5) is 5.69 Å². The minimum atomic E-state index is 0.636. The van der Waals surface area contributed by atoms with Crippen molar-refractivity contribution in [1.82, 2.24) is 0 Å². The second kappa shape index (κ2) is 6.06. The molecule has 1 aliphatic rings. The highest BCUT2D eigenvalue weighted by atomic mass is 15.2. The van der Waals surface area contributed by atoms with E-state index in [9.17, 15) is 0 Å². The van der Waals surface area contributed by atoms with Gasteiger partial charge >= 0.3 is 0 Å². The van der Waals surface area contributed by atoms with Crippen LogP contribution in [0.15, 0.2) is 24.3 Å². The molecule has 0 saturated heterocycles. The van der Waals surface area contributed by atoms with Crippen molar-refractivity contribution in [2.45, 2.75) is 51.6 Å². The summed E-state index contributed by atoms with van der Waals surface area (Å²) in [6.45, 7) is 4.07.